The molecule has 0 amide bonds. The lowest BCUT2D eigenvalue weighted by molar-refractivity contribution is -0.122. The Hall–Kier alpha value is -5.16. The highest BCUT2D eigenvalue weighted by molar-refractivity contribution is 9.10. The minimum absolute atomic E-state index is 0. The summed E-state index contributed by atoms with van der Waals surface area (Å²) in [5, 5.41) is 28.0. The van der Waals surface area contributed by atoms with E-state index in [0.717, 1.165) is 27.8 Å². The van der Waals surface area contributed by atoms with E-state index in [-0.39, 0.29) is 36.5 Å². The molecule has 10 nitrogen and oxygen atoms in total. The van der Waals surface area contributed by atoms with Crippen molar-refractivity contribution in [3.63, 3.8) is 0 Å². The number of aromatic hydroxyl groups is 1. The molecule has 0 aromatic heterocycles. The molecule has 0 aliphatic rings. The van der Waals surface area contributed by atoms with Crippen molar-refractivity contribution >= 4 is 40.3 Å². The van der Waals surface area contributed by atoms with Gasteiger partial charge in [-0.3, -0.25) is 4.79 Å². The van der Waals surface area contributed by atoms with Crippen molar-refractivity contribution in [1.82, 2.24) is 0 Å². The maximum Gasteiger partial charge on any atom is 0.347 e. The highest BCUT2D eigenvalue weighted by Crippen LogP contribution is 2.47. The number of carbonyl (C=O) groups excluding carboxylic acids is 2. The Bertz CT molecular complexity index is 2050. The maximum absolute atomic E-state index is 13.7. The van der Waals surface area contributed by atoms with Crippen LogP contribution in [0.1, 0.15) is 127 Å². The van der Waals surface area contributed by atoms with E-state index in [1.807, 2.05) is 60.6 Å². The quantitative estimate of drug-likeness (QED) is 0.0929. The first-order valence-corrected chi connectivity index (χ1v) is 18.7. The molecule has 0 unspecified atom stereocenters. The van der Waals surface area contributed by atoms with Crippen LogP contribution in [0.2, 0.25) is 0 Å². The molecule has 0 saturated heterocycles. The van der Waals surface area contributed by atoms with Crippen molar-refractivity contribution in [2.75, 3.05) is 7.11 Å². The van der Waals surface area contributed by atoms with Crippen molar-refractivity contribution in [3.8, 4) is 34.1 Å². The van der Waals surface area contributed by atoms with Gasteiger partial charge in [0.2, 0.25) is 0 Å². The second-order valence-electron chi connectivity index (χ2n) is 12.5. The molecule has 0 spiro atoms. The van der Waals surface area contributed by atoms with Gasteiger partial charge < -0.3 is 29.5 Å². The van der Waals surface area contributed by atoms with Crippen molar-refractivity contribution in [2.45, 2.75) is 111 Å². The summed E-state index contributed by atoms with van der Waals surface area (Å²) in [7, 11) is 1.60. The molecule has 0 atom stereocenters. The molecule has 0 heterocycles. The maximum atomic E-state index is 13.7. The van der Waals surface area contributed by atoms with E-state index in [1.54, 1.807) is 68.6 Å². The number of hydrogen-bond acceptors (Lipinski definition) is 8. The third-order valence-electron chi connectivity index (χ3n) is 9.52. The van der Waals surface area contributed by atoms with Crippen molar-refractivity contribution in [1.29, 1.82) is 0 Å². The summed E-state index contributed by atoms with van der Waals surface area (Å²) in [6.45, 7) is 27.4. The minimum Gasteiger partial charge on any atom is -0.506 e. The van der Waals surface area contributed by atoms with Crippen LogP contribution in [0.25, 0.3) is 11.1 Å². The van der Waals surface area contributed by atoms with Crippen LogP contribution in [-0.4, -0.2) is 46.8 Å². The SMILES string of the molecule is C.CC.CC.COc1cc(C)cc(C)c1-c1c(C)c(C)c(C(=O)Oc2cc(C)c(C(=O)Oc3c(C)c(C)c(C(=O)O)c(C)c3C)c(C)c2C)c(O)c1Br.O=CO. The Labute approximate surface area is 341 Å². The van der Waals surface area contributed by atoms with Gasteiger partial charge >= 0.3 is 17.9 Å². The molecule has 4 aromatic carbocycles. The molecule has 0 bridgehead atoms. The van der Waals surface area contributed by atoms with Gasteiger partial charge in [-0.25, -0.2) is 14.4 Å². The van der Waals surface area contributed by atoms with Crippen LogP contribution in [0.5, 0.6) is 23.0 Å². The smallest absolute Gasteiger partial charge is 0.347 e. The monoisotopic (exact) mass is 838 g/mol. The van der Waals surface area contributed by atoms with Crippen LogP contribution in [0, 0.1) is 76.2 Å². The van der Waals surface area contributed by atoms with Gasteiger partial charge in [0.25, 0.3) is 6.47 Å². The molecule has 306 valence electrons. The fourth-order valence-corrected chi connectivity index (χ4v) is 7.11. The topological polar surface area (TPSA) is 157 Å². The Balaban J connectivity index is 0.00000355. The fourth-order valence-electron chi connectivity index (χ4n) is 6.41. The van der Waals surface area contributed by atoms with Crippen molar-refractivity contribution < 1.29 is 48.7 Å². The van der Waals surface area contributed by atoms with Gasteiger partial charge in [0.15, 0.2) is 0 Å². The molecule has 56 heavy (non-hydrogen) atoms. The molecular formula is C45H59BrO10. The summed E-state index contributed by atoms with van der Waals surface area (Å²) in [6.07, 6.45) is 0. The second-order valence-corrected chi connectivity index (χ2v) is 13.3. The summed E-state index contributed by atoms with van der Waals surface area (Å²) < 4.78 is 17.9. The number of esters is 2. The molecule has 4 rings (SSSR count). The number of rotatable bonds is 7. The molecule has 0 fully saturated rings. The summed E-state index contributed by atoms with van der Waals surface area (Å²) >= 11 is 3.55. The third kappa shape index (κ3) is 10.2. The van der Waals surface area contributed by atoms with Gasteiger partial charge in [0.05, 0.1) is 22.7 Å². The molecular weight excluding hydrogens is 780 g/mol. The zero-order valence-corrected chi connectivity index (χ0v) is 36.5. The molecule has 0 saturated carbocycles. The number of hydrogen-bond donors (Lipinski definition) is 3. The van der Waals surface area contributed by atoms with E-state index in [0.29, 0.717) is 66.0 Å². The van der Waals surface area contributed by atoms with Crippen LogP contribution in [0.4, 0.5) is 0 Å². The number of carboxylic acid groups (broad SMARTS) is 2. The van der Waals surface area contributed by atoms with Crippen molar-refractivity contribution in [3.05, 3.63) is 101 Å². The first kappa shape index (κ1) is 50.8. The first-order chi connectivity index (χ1) is 25.8. The number of phenolic OH excluding ortho intramolecular Hbond substituents is 1. The van der Waals surface area contributed by atoms with E-state index in [1.165, 1.54) is 0 Å². The lowest BCUT2D eigenvalue weighted by Gasteiger charge is -2.22. The van der Waals surface area contributed by atoms with Crippen LogP contribution >= 0.6 is 15.9 Å². The molecule has 3 N–H and O–H groups in total. The zero-order valence-electron chi connectivity index (χ0n) is 34.9. The highest BCUT2D eigenvalue weighted by Gasteiger charge is 2.29. The van der Waals surface area contributed by atoms with Gasteiger partial charge in [-0.2, -0.15) is 0 Å². The van der Waals surface area contributed by atoms with Gasteiger partial charge in [0.1, 0.15) is 28.6 Å². The lowest BCUT2D eigenvalue weighted by atomic mass is 9.89. The van der Waals surface area contributed by atoms with E-state index in [2.05, 4.69) is 15.9 Å². The normalized spacial score (nSPS) is 9.88. The largest absolute Gasteiger partial charge is 0.506 e. The number of carboxylic acids is 1. The summed E-state index contributed by atoms with van der Waals surface area (Å²) in [4.78, 5) is 47.6. The minimum atomic E-state index is -1.04. The lowest BCUT2D eigenvalue weighted by Crippen LogP contribution is -2.18. The van der Waals surface area contributed by atoms with E-state index >= 15 is 0 Å². The van der Waals surface area contributed by atoms with E-state index in [4.69, 9.17) is 24.1 Å². The molecule has 11 heteroatoms. The number of aryl methyl sites for hydroxylation is 3. The molecule has 0 aliphatic carbocycles. The zero-order chi connectivity index (χ0) is 42.8. The standard InChI is InChI=1S/C39H41BrO8.2C2H6.CH2O2.CH4/c1-16-13-17(2)30(28(14-16)46-12)32-21(6)22(7)33(35(41)34(32)40)39(45)47-27-15-18(3)29(20(5)19(27)4)38(44)48-36-25(10)23(8)31(37(42)43)24(9)26(36)11;2*1-2;2-1-3;/h13-15,41H,1-12H3,(H,42,43);2*1-2H3;1H,(H,2,3);1H4. The first-order valence-electron chi connectivity index (χ1n) is 17.9. The third-order valence-corrected chi connectivity index (χ3v) is 10.3. The average molecular weight is 840 g/mol. The fraction of sp³-hybridized carbons (Fsp3) is 0.378. The Morgan fingerprint density at radius 2 is 1.05 bits per heavy atom. The predicted molar refractivity (Wildman–Crippen MR) is 228 cm³/mol. The van der Waals surface area contributed by atoms with Crippen molar-refractivity contribution in [2.24, 2.45) is 0 Å². The van der Waals surface area contributed by atoms with Gasteiger partial charge in [-0.1, -0.05) is 41.2 Å². The van der Waals surface area contributed by atoms with E-state index in [9.17, 15) is 24.6 Å². The van der Waals surface area contributed by atoms with Gasteiger partial charge in [0, 0.05) is 11.1 Å². The molecule has 0 radical (unpaired) electrons. The highest BCUT2D eigenvalue weighted by atomic mass is 79.9. The number of ether oxygens (including phenoxy) is 3. The second kappa shape index (κ2) is 21.8. The Kier molecular flexibility index (Phi) is 19.8. The van der Waals surface area contributed by atoms with Crippen LogP contribution in [0.15, 0.2) is 22.7 Å². The number of halogens is 1. The summed E-state index contributed by atoms with van der Waals surface area (Å²) in [5.74, 6) is -1.43. The number of methoxy groups -OCH3 is 1. The number of aromatic carboxylic acids is 1. The predicted octanol–water partition coefficient (Wildman–Crippen LogP) is 11.7. The Morgan fingerprint density at radius 1 is 0.607 bits per heavy atom. The Morgan fingerprint density at radius 3 is 1.52 bits per heavy atom. The summed E-state index contributed by atoms with van der Waals surface area (Å²) in [6, 6.07) is 5.56. The van der Waals surface area contributed by atoms with Crippen LogP contribution < -0.4 is 14.2 Å². The van der Waals surface area contributed by atoms with E-state index < -0.39 is 17.9 Å². The average Bonchev–Trinajstić information content (AvgIpc) is 3.13. The van der Waals surface area contributed by atoms with Crippen LogP contribution in [0.3, 0.4) is 0 Å². The molecule has 4 aromatic rings. The number of carbonyl (C=O) groups is 4. The van der Waals surface area contributed by atoms with Gasteiger partial charge in [-0.05, 0) is 165 Å². The van der Waals surface area contributed by atoms with Crippen LogP contribution in [-0.2, 0) is 4.79 Å². The summed E-state index contributed by atoms with van der Waals surface area (Å²) in [5.41, 5.74) is 9.20. The molecule has 0 aliphatic heterocycles. The number of benzene rings is 4. The van der Waals surface area contributed by atoms with Gasteiger partial charge in [-0.15, -0.1) is 0 Å². The number of phenols is 1.